The Kier molecular flexibility index (Phi) is 6.24. The fraction of sp³-hybridized carbons (Fsp3) is 0.929. The lowest BCUT2D eigenvalue weighted by Gasteiger charge is -2.60. The Morgan fingerprint density at radius 1 is 1.08 bits per heavy atom. The van der Waals surface area contributed by atoms with Crippen molar-refractivity contribution in [2.24, 2.45) is 0 Å². The molecular weight excluding hydrogens is 358 g/mol. The summed E-state index contributed by atoms with van der Waals surface area (Å²) in [7, 11) is 0. The molecule has 2 aliphatic heterocycles. The van der Waals surface area contributed by atoms with Gasteiger partial charge in [0.05, 0.1) is 19.8 Å². The van der Waals surface area contributed by atoms with Crippen LogP contribution in [0.4, 0.5) is 0 Å². The number of aliphatic hydroxyl groups is 8. The lowest BCUT2D eigenvalue weighted by Crippen LogP contribution is -2.88. The minimum Gasteiger partial charge on any atom is -0.394 e. The molecule has 2 saturated heterocycles. The highest BCUT2D eigenvalue weighted by molar-refractivity contribution is 5.74. The Morgan fingerprint density at radius 3 is 2.15 bits per heavy atom. The van der Waals surface area contributed by atoms with Gasteiger partial charge < -0.3 is 55.6 Å². The number of amides is 1. The summed E-state index contributed by atoms with van der Waals surface area (Å²) >= 11 is 0. The normalized spacial score (nSPS) is 49.7. The maximum Gasteiger partial charge on any atom is 0.217 e. The van der Waals surface area contributed by atoms with Gasteiger partial charge in [-0.3, -0.25) is 4.79 Å². The van der Waals surface area contributed by atoms with Gasteiger partial charge >= 0.3 is 0 Å². The summed E-state index contributed by atoms with van der Waals surface area (Å²) in [6.07, 6.45) is -13.3. The number of carbonyl (C=O) groups is 1. The molecule has 152 valence electrons. The summed E-state index contributed by atoms with van der Waals surface area (Å²) in [4.78, 5) is 11.7. The van der Waals surface area contributed by atoms with E-state index in [0.29, 0.717) is 0 Å². The van der Waals surface area contributed by atoms with Crippen molar-refractivity contribution in [3.63, 3.8) is 0 Å². The Labute approximate surface area is 148 Å². The van der Waals surface area contributed by atoms with Crippen LogP contribution in [0.1, 0.15) is 6.92 Å². The molecule has 2 rings (SSSR count). The third kappa shape index (κ3) is 2.92. The molecule has 2 aliphatic rings. The van der Waals surface area contributed by atoms with Crippen molar-refractivity contribution in [1.82, 2.24) is 5.32 Å². The maximum absolute atomic E-state index is 11.7. The first-order valence-corrected chi connectivity index (χ1v) is 7.98. The van der Waals surface area contributed by atoms with Crippen molar-refractivity contribution >= 4 is 5.91 Å². The van der Waals surface area contributed by atoms with Crippen LogP contribution >= 0.6 is 0 Å². The number of hydrogen-bond acceptors (Lipinski definition) is 11. The SMILES string of the molecule is CC(=O)N[C@@]1([C@]2(O)[C@@H](O)CO[C@H](CO)[C@@H]2O)[C@@H](O)O[C@H](CO)[C@@H](O)[C@@H]1O. The molecule has 12 heteroatoms. The molecule has 12 nitrogen and oxygen atoms in total. The van der Waals surface area contributed by atoms with Crippen LogP contribution in [0.2, 0.25) is 0 Å². The lowest BCUT2D eigenvalue weighted by molar-refractivity contribution is -0.360. The number of hydrogen-bond donors (Lipinski definition) is 9. The number of carbonyl (C=O) groups excluding carboxylic acids is 1. The molecule has 0 unspecified atom stereocenters. The molecule has 0 saturated carbocycles. The molecule has 0 radical (unpaired) electrons. The minimum atomic E-state index is -2.90. The summed E-state index contributed by atoms with van der Waals surface area (Å²) in [5, 5.41) is 83.8. The van der Waals surface area contributed by atoms with Gasteiger partial charge in [0.15, 0.2) is 17.4 Å². The lowest BCUT2D eigenvalue weighted by atomic mass is 9.63. The van der Waals surface area contributed by atoms with Crippen molar-refractivity contribution in [3.8, 4) is 0 Å². The summed E-state index contributed by atoms with van der Waals surface area (Å²) in [5.74, 6) is -0.902. The molecule has 1 amide bonds. The number of nitrogens with one attached hydrogen (secondary N) is 1. The highest BCUT2D eigenvalue weighted by Gasteiger charge is 2.72. The molecule has 0 bridgehead atoms. The van der Waals surface area contributed by atoms with Crippen molar-refractivity contribution in [2.45, 2.75) is 61.0 Å². The third-order valence-electron chi connectivity index (χ3n) is 5.05. The third-order valence-corrected chi connectivity index (χ3v) is 5.05. The minimum absolute atomic E-state index is 0.626. The molecule has 0 aromatic rings. The molecule has 9 atom stereocenters. The van der Waals surface area contributed by atoms with Crippen molar-refractivity contribution in [2.75, 3.05) is 19.8 Å². The molecule has 0 aromatic heterocycles. The van der Waals surface area contributed by atoms with Gasteiger partial charge in [-0.2, -0.15) is 0 Å². The second kappa shape index (κ2) is 7.59. The van der Waals surface area contributed by atoms with Gasteiger partial charge in [-0.05, 0) is 0 Å². The van der Waals surface area contributed by atoms with Crippen molar-refractivity contribution in [1.29, 1.82) is 0 Å². The monoisotopic (exact) mass is 383 g/mol. The zero-order valence-corrected chi connectivity index (χ0v) is 14.0. The summed E-state index contributed by atoms with van der Waals surface area (Å²) < 4.78 is 10.0. The maximum atomic E-state index is 11.7. The van der Waals surface area contributed by atoms with E-state index >= 15 is 0 Å². The van der Waals surface area contributed by atoms with Gasteiger partial charge in [-0.15, -0.1) is 0 Å². The Morgan fingerprint density at radius 2 is 1.65 bits per heavy atom. The van der Waals surface area contributed by atoms with E-state index < -0.39 is 79.8 Å². The van der Waals surface area contributed by atoms with Gasteiger partial charge in [-0.25, -0.2) is 0 Å². The number of ether oxygens (including phenoxy) is 2. The summed E-state index contributed by atoms with van der Waals surface area (Å²) in [6.45, 7) is -1.26. The first kappa shape index (κ1) is 21.4. The van der Waals surface area contributed by atoms with Crippen LogP contribution in [-0.4, -0.2) is 121 Å². The van der Waals surface area contributed by atoms with Crippen molar-refractivity contribution in [3.05, 3.63) is 0 Å². The number of aliphatic hydroxyl groups excluding tert-OH is 7. The topological polar surface area (TPSA) is 209 Å². The Balaban J connectivity index is 2.63. The second-order valence-corrected chi connectivity index (χ2v) is 6.54. The standard InChI is InChI=1S/C14H25NO11/c1-5(18)15-13(11(22)9(20)6(2-16)26-12(13)23)14(24)8(19)4-25-7(3-17)10(14)21/h6-12,16-17,19-24H,2-4H2,1H3,(H,15,18)/t6-,7-,8+,9-,10+,11+,12+,13-,14+/m1/s1. The summed E-state index contributed by atoms with van der Waals surface area (Å²) in [6, 6.07) is 0. The van der Waals surface area contributed by atoms with E-state index in [0.717, 1.165) is 6.92 Å². The average Bonchev–Trinajstić information content (AvgIpc) is 2.59. The zero-order valence-electron chi connectivity index (χ0n) is 14.0. The molecule has 26 heavy (non-hydrogen) atoms. The predicted octanol–water partition coefficient (Wildman–Crippen LogP) is -5.86. The highest BCUT2D eigenvalue weighted by Crippen LogP contribution is 2.44. The van der Waals surface area contributed by atoms with Gasteiger partial charge in [0.2, 0.25) is 5.91 Å². The quantitative estimate of drug-likeness (QED) is 0.223. The largest absolute Gasteiger partial charge is 0.394 e. The predicted molar refractivity (Wildman–Crippen MR) is 80.3 cm³/mol. The molecule has 0 spiro atoms. The van der Waals surface area contributed by atoms with Crippen molar-refractivity contribution < 1.29 is 55.1 Å². The molecule has 0 aliphatic carbocycles. The van der Waals surface area contributed by atoms with E-state index in [1.807, 2.05) is 0 Å². The van der Waals surface area contributed by atoms with Gasteiger partial charge in [0.1, 0.15) is 36.6 Å². The fourth-order valence-electron chi connectivity index (χ4n) is 3.67. The highest BCUT2D eigenvalue weighted by atomic mass is 16.6. The zero-order chi connectivity index (χ0) is 19.9. The van der Waals surface area contributed by atoms with Gasteiger partial charge in [0, 0.05) is 6.92 Å². The molecular formula is C14H25NO11. The van der Waals surface area contributed by atoms with Crippen LogP contribution in [0, 0.1) is 0 Å². The van der Waals surface area contributed by atoms with Crippen LogP contribution in [-0.2, 0) is 14.3 Å². The Hall–Kier alpha value is -0.930. The van der Waals surface area contributed by atoms with Crippen LogP contribution in [0.25, 0.3) is 0 Å². The van der Waals surface area contributed by atoms with E-state index in [-0.39, 0.29) is 0 Å². The first-order chi connectivity index (χ1) is 12.1. The van der Waals surface area contributed by atoms with E-state index in [2.05, 4.69) is 5.32 Å². The number of rotatable bonds is 4. The van der Waals surface area contributed by atoms with Crippen LogP contribution in [0.5, 0.6) is 0 Å². The molecule has 9 N–H and O–H groups in total. The molecule has 0 aromatic carbocycles. The summed E-state index contributed by atoms with van der Waals surface area (Å²) in [5.41, 5.74) is -5.61. The smallest absolute Gasteiger partial charge is 0.217 e. The van der Waals surface area contributed by atoms with Crippen LogP contribution in [0.3, 0.4) is 0 Å². The van der Waals surface area contributed by atoms with Crippen LogP contribution in [0.15, 0.2) is 0 Å². The first-order valence-electron chi connectivity index (χ1n) is 7.98. The average molecular weight is 383 g/mol. The van der Waals surface area contributed by atoms with E-state index in [1.54, 1.807) is 0 Å². The molecule has 2 heterocycles. The van der Waals surface area contributed by atoms with E-state index in [1.165, 1.54) is 0 Å². The van der Waals surface area contributed by atoms with Gasteiger partial charge in [0.25, 0.3) is 0 Å². The van der Waals surface area contributed by atoms with Gasteiger partial charge in [-0.1, -0.05) is 0 Å². The second-order valence-electron chi connectivity index (χ2n) is 6.54. The van der Waals surface area contributed by atoms with E-state index in [9.17, 15) is 45.6 Å². The van der Waals surface area contributed by atoms with Crippen LogP contribution < -0.4 is 5.32 Å². The fourth-order valence-corrected chi connectivity index (χ4v) is 3.67. The van der Waals surface area contributed by atoms with E-state index in [4.69, 9.17) is 9.47 Å². The molecule has 2 fully saturated rings. The Bertz CT molecular complexity index is 521.